The van der Waals surface area contributed by atoms with Crippen molar-refractivity contribution in [3.05, 3.63) is 66.8 Å². The van der Waals surface area contributed by atoms with Gasteiger partial charge >= 0.3 is 12.1 Å². The number of ether oxygens (including phenoxy) is 1. The highest BCUT2D eigenvalue weighted by molar-refractivity contribution is 14.1. The van der Waals surface area contributed by atoms with Gasteiger partial charge < -0.3 is 10.2 Å². The smallest absolute Gasteiger partial charge is 0.456 e. The third-order valence-electron chi connectivity index (χ3n) is 3.15. The molecular formula is C17H12F2I2O4. The van der Waals surface area contributed by atoms with E-state index >= 15 is 0 Å². The number of carbonyl (C=O) groups is 1. The summed E-state index contributed by atoms with van der Waals surface area (Å²) in [4.78, 5) is 10.7. The van der Waals surface area contributed by atoms with E-state index in [1.54, 1.807) is 48.5 Å². The Morgan fingerprint density at radius 2 is 1.72 bits per heavy atom. The molecule has 0 radical (unpaired) electrons. The molecule has 1 unspecified atom stereocenters. The molecule has 0 aliphatic heterocycles. The van der Waals surface area contributed by atoms with Gasteiger partial charge in [-0.05, 0) is 68.4 Å². The third kappa shape index (κ3) is 5.35. The van der Waals surface area contributed by atoms with E-state index in [2.05, 4.69) is 4.74 Å². The van der Waals surface area contributed by atoms with Crippen LogP contribution in [0.2, 0.25) is 0 Å². The van der Waals surface area contributed by atoms with Crippen LogP contribution in [0.5, 0.6) is 5.75 Å². The first-order valence-corrected chi connectivity index (χ1v) is 9.06. The quantitative estimate of drug-likeness (QED) is 0.476. The molecule has 2 N–H and O–H groups in total. The average molecular weight is 572 g/mol. The summed E-state index contributed by atoms with van der Waals surface area (Å²) < 4.78 is 32.7. The van der Waals surface area contributed by atoms with Crippen LogP contribution in [-0.4, -0.2) is 22.3 Å². The van der Waals surface area contributed by atoms with Crippen molar-refractivity contribution >= 4 is 57.2 Å². The summed E-state index contributed by atoms with van der Waals surface area (Å²) in [7, 11) is 0. The molecular weight excluding hydrogens is 560 g/mol. The number of aromatic hydroxyl groups is 1. The molecule has 0 heterocycles. The number of carboxylic acids is 1. The Morgan fingerprint density at radius 3 is 2.24 bits per heavy atom. The van der Waals surface area contributed by atoms with Crippen LogP contribution in [0.3, 0.4) is 0 Å². The maximum atomic E-state index is 13.5. The Bertz CT molecular complexity index is 771. The van der Waals surface area contributed by atoms with E-state index in [-0.39, 0.29) is 5.75 Å². The van der Waals surface area contributed by atoms with Gasteiger partial charge in [-0.2, -0.15) is 8.78 Å². The van der Waals surface area contributed by atoms with Crippen molar-refractivity contribution in [1.29, 1.82) is 0 Å². The van der Waals surface area contributed by atoms with Crippen molar-refractivity contribution in [3.8, 4) is 5.75 Å². The number of hydrogen-bond donors (Lipinski definition) is 2. The topological polar surface area (TPSA) is 66.8 Å². The van der Waals surface area contributed by atoms with Crippen molar-refractivity contribution in [1.82, 2.24) is 0 Å². The van der Waals surface area contributed by atoms with Gasteiger partial charge in [0.2, 0.25) is 0 Å². The summed E-state index contributed by atoms with van der Waals surface area (Å²) in [5, 5.41) is 18.4. The second-order valence-electron chi connectivity index (χ2n) is 4.96. The molecule has 0 aliphatic carbocycles. The van der Waals surface area contributed by atoms with Crippen molar-refractivity contribution < 1.29 is 28.5 Å². The van der Waals surface area contributed by atoms with Gasteiger partial charge in [0.1, 0.15) is 11.9 Å². The molecule has 0 fully saturated rings. The molecule has 0 saturated heterocycles. The summed E-state index contributed by atoms with van der Waals surface area (Å²) in [6, 6.07) is 11.5. The summed E-state index contributed by atoms with van der Waals surface area (Å²) in [5.41, 5.74) is 1.05. The third-order valence-corrected chi connectivity index (χ3v) is 4.80. The van der Waals surface area contributed by atoms with Crippen LogP contribution in [0, 0.1) is 7.14 Å². The molecule has 0 bridgehead atoms. The van der Waals surface area contributed by atoms with E-state index in [1.165, 1.54) is 6.08 Å². The zero-order valence-corrected chi connectivity index (χ0v) is 16.8. The van der Waals surface area contributed by atoms with Crippen molar-refractivity contribution in [2.75, 3.05) is 0 Å². The molecule has 2 aromatic rings. The van der Waals surface area contributed by atoms with E-state index in [0.717, 1.165) is 0 Å². The van der Waals surface area contributed by atoms with Gasteiger partial charge in [0.15, 0.2) is 0 Å². The fourth-order valence-electron chi connectivity index (χ4n) is 1.95. The van der Waals surface area contributed by atoms with E-state index in [9.17, 15) is 18.7 Å². The highest BCUT2D eigenvalue weighted by Gasteiger charge is 2.42. The predicted molar refractivity (Wildman–Crippen MR) is 105 cm³/mol. The molecule has 8 heteroatoms. The average Bonchev–Trinajstić information content (AvgIpc) is 2.56. The first-order chi connectivity index (χ1) is 11.7. The number of carboxylic acid groups (broad SMARTS) is 1. The number of phenolic OH excluding ortho intramolecular Hbond substituents is 1. The van der Waals surface area contributed by atoms with Crippen LogP contribution in [0.4, 0.5) is 8.78 Å². The molecule has 132 valence electrons. The number of aliphatic carboxylic acids is 1. The van der Waals surface area contributed by atoms with Crippen LogP contribution in [0.15, 0.2) is 48.5 Å². The fourth-order valence-corrected chi connectivity index (χ4v) is 3.77. The minimum absolute atomic E-state index is 0.145. The highest BCUT2D eigenvalue weighted by Crippen LogP contribution is 2.31. The molecule has 0 amide bonds. The molecule has 0 aromatic heterocycles. The zero-order valence-electron chi connectivity index (χ0n) is 12.5. The second kappa shape index (κ2) is 8.41. The standard InChI is InChI=1S/C17H12F2I2O4/c18-17(19,16(23)24)25-14(11-4-2-1-3-5-11)7-6-10-8-12(20)15(22)13(21)9-10/h1-9,14,22H,(H,23,24)/b7-6+. The van der Waals surface area contributed by atoms with E-state index in [4.69, 9.17) is 5.11 Å². The Morgan fingerprint density at radius 1 is 1.16 bits per heavy atom. The normalized spacial score (nSPS) is 13.1. The van der Waals surface area contributed by atoms with Gasteiger partial charge in [-0.3, -0.25) is 4.74 Å². The van der Waals surface area contributed by atoms with E-state index < -0.39 is 18.2 Å². The minimum Gasteiger partial charge on any atom is -0.506 e. The molecule has 4 nitrogen and oxygen atoms in total. The number of rotatable bonds is 6. The summed E-state index contributed by atoms with van der Waals surface area (Å²) in [5.74, 6) is -2.21. The van der Waals surface area contributed by atoms with Gasteiger partial charge in [0.05, 0.1) is 7.14 Å². The van der Waals surface area contributed by atoms with Crippen molar-refractivity contribution in [3.63, 3.8) is 0 Å². The highest BCUT2D eigenvalue weighted by atomic mass is 127. The number of phenols is 1. The minimum atomic E-state index is -4.32. The molecule has 0 spiro atoms. The maximum Gasteiger partial charge on any atom is 0.456 e. The monoisotopic (exact) mass is 572 g/mol. The zero-order chi connectivity index (χ0) is 18.6. The maximum absolute atomic E-state index is 13.5. The summed E-state index contributed by atoms with van der Waals surface area (Å²) >= 11 is 3.91. The fraction of sp³-hybridized carbons (Fsp3) is 0.118. The van der Waals surface area contributed by atoms with Gasteiger partial charge in [0, 0.05) is 0 Å². The first-order valence-electron chi connectivity index (χ1n) is 6.91. The lowest BCUT2D eigenvalue weighted by atomic mass is 10.1. The van der Waals surface area contributed by atoms with E-state index in [0.29, 0.717) is 18.3 Å². The van der Waals surface area contributed by atoms with Gasteiger partial charge in [-0.1, -0.05) is 42.5 Å². The molecule has 25 heavy (non-hydrogen) atoms. The number of alkyl halides is 2. The lowest BCUT2D eigenvalue weighted by Gasteiger charge is -2.19. The second-order valence-corrected chi connectivity index (χ2v) is 7.29. The number of hydrogen-bond acceptors (Lipinski definition) is 3. The molecule has 0 aliphatic rings. The molecule has 2 rings (SSSR count). The Balaban J connectivity index is 2.35. The Labute approximate surface area is 169 Å². The number of halogens is 4. The van der Waals surface area contributed by atoms with Crippen molar-refractivity contribution in [2.24, 2.45) is 0 Å². The lowest BCUT2D eigenvalue weighted by molar-refractivity contribution is -0.257. The predicted octanol–water partition coefficient (Wildman–Crippen LogP) is 5.05. The van der Waals surface area contributed by atoms with Gasteiger partial charge in [0.25, 0.3) is 0 Å². The summed E-state index contributed by atoms with van der Waals surface area (Å²) in [6.07, 6.45) is -2.68. The summed E-state index contributed by atoms with van der Waals surface area (Å²) in [6.45, 7) is 0. The number of benzene rings is 2. The Kier molecular flexibility index (Phi) is 6.74. The van der Waals surface area contributed by atoms with Crippen LogP contribution in [0.25, 0.3) is 6.08 Å². The Hall–Kier alpha value is -1.27. The molecule has 2 aromatic carbocycles. The van der Waals surface area contributed by atoms with Crippen LogP contribution < -0.4 is 0 Å². The van der Waals surface area contributed by atoms with Gasteiger partial charge in [-0.15, -0.1) is 0 Å². The van der Waals surface area contributed by atoms with Gasteiger partial charge in [-0.25, -0.2) is 4.79 Å². The molecule has 0 saturated carbocycles. The van der Waals surface area contributed by atoms with Crippen LogP contribution in [0.1, 0.15) is 17.2 Å². The van der Waals surface area contributed by atoms with Crippen LogP contribution >= 0.6 is 45.2 Å². The van der Waals surface area contributed by atoms with Crippen LogP contribution in [-0.2, 0) is 9.53 Å². The SMILES string of the molecule is O=C(O)C(F)(F)OC(/C=C/c1cc(I)c(O)c(I)c1)c1ccccc1. The first kappa shape index (κ1) is 20.0. The molecule has 1 atom stereocenters. The van der Waals surface area contributed by atoms with E-state index in [1.807, 2.05) is 45.2 Å². The van der Waals surface area contributed by atoms with Crippen molar-refractivity contribution in [2.45, 2.75) is 12.2 Å². The lowest BCUT2D eigenvalue weighted by Crippen LogP contribution is -2.32. The largest absolute Gasteiger partial charge is 0.506 e.